The highest BCUT2D eigenvalue weighted by Gasteiger charge is 2.32. The number of aryl methyl sites for hydroxylation is 1. The van der Waals surface area contributed by atoms with Gasteiger partial charge in [-0.2, -0.15) is 0 Å². The van der Waals surface area contributed by atoms with Gasteiger partial charge in [-0.05, 0) is 36.6 Å². The van der Waals surface area contributed by atoms with Crippen molar-refractivity contribution in [1.29, 1.82) is 0 Å². The molecule has 1 aliphatic heterocycles. The lowest BCUT2D eigenvalue weighted by atomic mass is 10.0. The number of anilines is 1. The highest BCUT2D eigenvalue weighted by Crippen LogP contribution is 2.31. The maximum atomic E-state index is 13.2. The number of ether oxygens (including phenoxy) is 1. The number of nitrogens with one attached hydrogen (secondary N) is 1. The molecule has 136 valence electrons. The molecule has 1 atom stereocenters. The van der Waals surface area contributed by atoms with Crippen LogP contribution >= 0.6 is 0 Å². The number of hydrogen-bond donors (Lipinski definition) is 1. The van der Waals surface area contributed by atoms with E-state index in [1.807, 2.05) is 63.2 Å². The van der Waals surface area contributed by atoms with Crippen LogP contribution in [0.3, 0.4) is 0 Å². The zero-order chi connectivity index (χ0) is 18.7. The number of para-hydroxylation sites is 2. The topological polar surface area (TPSA) is 58.6 Å². The highest BCUT2D eigenvalue weighted by molar-refractivity contribution is 6.03. The smallest absolute Gasteiger partial charge is 0.252 e. The third-order valence-electron chi connectivity index (χ3n) is 4.60. The fourth-order valence-electron chi connectivity index (χ4n) is 3.13. The van der Waals surface area contributed by atoms with Crippen LogP contribution in [0.25, 0.3) is 0 Å². The Kier molecular flexibility index (Phi) is 5.26. The van der Waals surface area contributed by atoms with Gasteiger partial charge in [0.15, 0.2) is 0 Å². The lowest BCUT2D eigenvalue weighted by Crippen LogP contribution is -2.53. The summed E-state index contributed by atoms with van der Waals surface area (Å²) in [5.74, 6) is 0.319. The second-order valence-corrected chi connectivity index (χ2v) is 6.82. The Bertz CT molecular complexity index is 816. The summed E-state index contributed by atoms with van der Waals surface area (Å²) in [6, 6.07) is 14.3. The Balaban J connectivity index is 1.84. The number of rotatable bonds is 4. The van der Waals surface area contributed by atoms with Crippen LogP contribution in [0.5, 0.6) is 5.75 Å². The van der Waals surface area contributed by atoms with Gasteiger partial charge in [-0.25, -0.2) is 0 Å². The van der Waals surface area contributed by atoms with Crippen molar-refractivity contribution in [3.05, 3.63) is 59.7 Å². The van der Waals surface area contributed by atoms with E-state index in [1.54, 1.807) is 11.0 Å². The summed E-state index contributed by atoms with van der Waals surface area (Å²) in [7, 11) is 0. The monoisotopic (exact) mass is 352 g/mol. The predicted molar refractivity (Wildman–Crippen MR) is 102 cm³/mol. The van der Waals surface area contributed by atoms with Crippen molar-refractivity contribution in [2.45, 2.75) is 26.8 Å². The largest absolute Gasteiger partial charge is 0.490 e. The van der Waals surface area contributed by atoms with Gasteiger partial charge < -0.3 is 15.0 Å². The van der Waals surface area contributed by atoms with Gasteiger partial charge in [-0.15, -0.1) is 0 Å². The second kappa shape index (κ2) is 7.60. The summed E-state index contributed by atoms with van der Waals surface area (Å²) in [6.45, 7) is 6.68. The van der Waals surface area contributed by atoms with Crippen molar-refractivity contribution in [3.63, 3.8) is 0 Å². The summed E-state index contributed by atoms with van der Waals surface area (Å²) in [4.78, 5) is 27.6. The number of carbonyl (C=O) groups is 2. The van der Waals surface area contributed by atoms with Gasteiger partial charge in [0.25, 0.3) is 5.91 Å². The number of fused-ring (bicyclic) bond motifs is 1. The van der Waals surface area contributed by atoms with Crippen molar-refractivity contribution >= 4 is 17.5 Å². The molecule has 0 radical (unpaired) electrons. The lowest BCUT2D eigenvalue weighted by molar-refractivity contribution is -0.121. The minimum absolute atomic E-state index is 0.0366. The fourth-order valence-corrected chi connectivity index (χ4v) is 3.13. The molecule has 0 bridgehead atoms. The van der Waals surface area contributed by atoms with Crippen LogP contribution in [-0.4, -0.2) is 31.0 Å². The van der Waals surface area contributed by atoms with Crippen LogP contribution in [0.1, 0.15) is 29.8 Å². The molecule has 3 rings (SSSR count). The molecule has 1 heterocycles. The minimum Gasteiger partial charge on any atom is -0.490 e. The molecule has 0 aliphatic carbocycles. The predicted octanol–water partition coefficient (Wildman–Crippen LogP) is 3.18. The van der Waals surface area contributed by atoms with Crippen molar-refractivity contribution in [2.75, 3.05) is 18.1 Å². The average molecular weight is 352 g/mol. The molecule has 2 amide bonds. The molecule has 2 aromatic rings. The van der Waals surface area contributed by atoms with Crippen LogP contribution in [-0.2, 0) is 4.79 Å². The van der Waals surface area contributed by atoms with E-state index in [4.69, 9.17) is 4.74 Å². The Morgan fingerprint density at radius 1 is 1.08 bits per heavy atom. The van der Waals surface area contributed by atoms with Gasteiger partial charge in [-0.1, -0.05) is 44.2 Å². The highest BCUT2D eigenvalue weighted by atomic mass is 16.5. The Hall–Kier alpha value is -2.82. The molecule has 1 N–H and O–H groups in total. The van der Waals surface area contributed by atoms with Crippen molar-refractivity contribution < 1.29 is 14.3 Å². The lowest BCUT2D eigenvalue weighted by Gasteiger charge is -2.33. The van der Waals surface area contributed by atoms with Gasteiger partial charge in [0.2, 0.25) is 5.91 Å². The summed E-state index contributed by atoms with van der Waals surface area (Å²) in [5, 5.41) is 2.93. The Morgan fingerprint density at radius 2 is 1.77 bits per heavy atom. The maximum Gasteiger partial charge on any atom is 0.252 e. The minimum atomic E-state index is -0.603. The second-order valence-electron chi connectivity index (χ2n) is 6.82. The van der Waals surface area contributed by atoms with Gasteiger partial charge >= 0.3 is 0 Å². The molecule has 2 aromatic carbocycles. The molecule has 5 heteroatoms. The molecular formula is C21H24N2O3. The average Bonchev–Trinajstić information content (AvgIpc) is 2.65. The van der Waals surface area contributed by atoms with E-state index in [9.17, 15) is 9.59 Å². The van der Waals surface area contributed by atoms with Crippen LogP contribution < -0.4 is 15.0 Å². The Morgan fingerprint density at radius 3 is 2.50 bits per heavy atom. The number of benzene rings is 2. The molecule has 1 unspecified atom stereocenters. The molecular weight excluding hydrogens is 328 g/mol. The maximum absolute atomic E-state index is 13.2. The molecule has 26 heavy (non-hydrogen) atoms. The van der Waals surface area contributed by atoms with Crippen molar-refractivity contribution in [1.82, 2.24) is 5.32 Å². The normalized spacial score (nSPS) is 14.4. The SMILES string of the molecule is Cc1ccccc1C(=O)NC(C(=O)N1CCOc2ccccc21)C(C)C. The van der Waals surface area contributed by atoms with E-state index in [0.29, 0.717) is 24.5 Å². The van der Waals surface area contributed by atoms with Crippen molar-refractivity contribution in [3.8, 4) is 5.75 Å². The van der Waals surface area contributed by atoms with Gasteiger partial charge in [0.1, 0.15) is 18.4 Å². The number of carbonyl (C=O) groups excluding carboxylic acids is 2. The zero-order valence-electron chi connectivity index (χ0n) is 15.4. The van der Waals surface area contributed by atoms with E-state index in [0.717, 1.165) is 11.3 Å². The molecule has 5 nitrogen and oxygen atoms in total. The standard InChI is InChI=1S/C21H24N2O3/c1-14(2)19(22-20(24)16-9-5-4-8-15(16)3)21(25)23-12-13-26-18-11-7-6-10-17(18)23/h4-11,14,19H,12-13H2,1-3H3,(H,22,24). The first-order chi connectivity index (χ1) is 12.5. The summed E-state index contributed by atoms with van der Waals surface area (Å²) < 4.78 is 5.63. The Labute approximate surface area is 154 Å². The van der Waals surface area contributed by atoms with Crippen LogP contribution in [0.15, 0.2) is 48.5 Å². The van der Waals surface area contributed by atoms with Crippen molar-refractivity contribution in [2.24, 2.45) is 5.92 Å². The third kappa shape index (κ3) is 3.57. The van der Waals surface area contributed by atoms with Crippen LogP contribution in [0.4, 0.5) is 5.69 Å². The van der Waals surface area contributed by atoms with E-state index >= 15 is 0 Å². The first-order valence-corrected chi connectivity index (χ1v) is 8.88. The zero-order valence-corrected chi connectivity index (χ0v) is 15.4. The van der Waals surface area contributed by atoms with Crippen LogP contribution in [0.2, 0.25) is 0 Å². The van der Waals surface area contributed by atoms with E-state index in [1.165, 1.54) is 0 Å². The molecule has 0 saturated carbocycles. The third-order valence-corrected chi connectivity index (χ3v) is 4.60. The molecule has 0 saturated heterocycles. The molecule has 0 fully saturated rings. The van der Waals surface area contributed by atoms with Crippen LogP contribution in [0, 0.1) is 12.8 Å². The quantitative estimate of drug-likeness (QED) is 0.919. The first-order valence-electron chi connectivity index (χ1n) is 8.88. The number of hydrogen-bond acceptors (Lipinski definition) is 3. The van der Waals surface area contributed by atoms with E-state index in [2.05, 4.69) is 5.32 Å². The van der Waals surface area contributed by atoms with Gasteiger partial charge in [-0.3, -0.25) is 9.59 Å². The molecule has 0 spiro atoms. The first kappa shape index (κ1) is 18.0. The van der Waals surface area contributed by atoms with E-state index < -0.39 is 6.04 Å². The van der Waals surface area contributed by atoms with E-state index in [-0.39, 0.29) is 17.7 Å². The summed E-state index contributed by atoms with van der Waals surface area (Å²) in [6.07, 6.45) is 0. The van der Waals surface area contributed by atoms with Gasteiger partial charge in [0, 0.05) is 5.56 Å². The molecule has 1 aliphatic rings. The number of amides is 2. The molecule has 0 aromatic heterocycles. The fraction of sp³-hybridized carbons (Fsp3) is 0.333. The summed E-state index contributed by atoms with van der Waals surface area (Å²) >= 11 is 0. The number of nitrogens with zero attached hydrogens (tertiary/aromatic N) is 1. The summed E-state index contributed by atoms with van der Waals surface area (Å²) in [5.41, 5.74) is 2.23. The van der Waals surface area contributed by atoms with Gasteiger partial charge in [0.05, 0.1) is 12.2 Å².